The van der Waals surface area contributed by atoms with Crippen molar-refractivity contribution >= 4 is 6.03 Å². The van der Waals surface area contributed by atoms with Crippen molar-refractivity contribution in [2.75, 3.05) is 33.7 Å². The van der Waals surface area contributed by atoms with Crippen LogP contribution < -0.4 is 5.32 Å². The van der Waals surface area contributed by atoms with E-state index in [4.69, 9.17) is 0 Å². The zero-order chi connectivity index (χ0) is 12.0. The lowest BCUT2D eigenvalue weighted by Crippen LogP contribution is -2.44. The zero-order valence-corrected chi connectivity index (χ0v) is 10.8. The summed E-state index contributed by atoms with van der Waals surface area (Å²) in [4.78, 5) is 15.9. The van der Waals surface area contributed by atoms with Crippen LogP contribution in [0.4, 0.5) is 4.79 Å². The van der Waals surface area contributed by atoms with Gasteiger partial charge in [-0.2, -0.15) is 0 Å². The van der Waals surface area contributed by atoms with Crippen molar-refractivity contribution in [3.05, 3.63) is 0 Å². The van der Waals surface area contributed by atoms with Gasteiger partial charge < -0.3 is 15.1 Å². The molecule has 1 unspecified atom stereocenters. The fraction of sp³-hybridized carbons (Fsp3) is 0.917. The molecule has 0 aromatic rings. The van der Waals surface area contributed by atoms with Crippen LogP contribution >= 0.6 is 0 Å². The molecule has 1 aliphatic rings. The average molecular weight is 227 g/mol. The van der Waals surface area contributed by atoms with E-state index in [-0.39, 0.29) is 6.03 Å². The number of hydrogen-bond donors (Lipinski definition) is 1. The molecule has 0 spiro atoms. The first-order chi connectivity index (χ1) is 7.65. The molecule has 1 fully saturated rings. The molecule has 0 radical (unpaired) electrons. The van der Waals surface area contributed by atoms with E-state index in [1.54, 1.807) is 0 Å². The van der Waals surface area contributed by atoms with Crippen LogP contribution in [0, 0.1) is 0 Å². The molecule has 1 saturated heterocycles. The van der Waals surface area contributed by atoms with Crippen molar-refractivity contribution in [1.29, 1.82) is 0 Å². The van der Waals surface area contributed by atoms with Gasteiger partial charge in [0, 0.05) is 26.2 Å². The van der Waals surface area contributed by atoms with Gasteiger partial charge in [-0.1, -0.05) is 13.3 Å². The van der Waals surface area contributed by atoms with Crippen molar-refractivity contribution in [3.63, 3.8) is 0 Å². The molecule has 0 aromatic carbocycles. The molecule has 0 aliphatic carbocycles. The summed E-state index contributed by atoms with van der Waals surface area (Å²) in [6, 6.07) is 0.607. The highest BCUT2D eigenvalue weighted by atomic mass is 16.2. The number of nitrogens with one attached hydrogen (secondary N) is 1. The van der Waals surface area contributed by atoms with Crippen LogP contribution in [-0.4, -0.2) is 55.6 Å². The van der Waals surface area contributed by atoms with Gasteiger partial charge in [-0.15, -0.1) is 0 Å². The standard InChI is InChI=1S/C12H25N3O/c1-4-5-8-13-12(16)15(3)10-11-7-6-9-14(11)2/h11H,4-10H2,1-3H3,(H,13,16). The Bertz CT molecular complexity index is 220. The van der Waals surface area contributed by atoms with Gasteiger partial charge in [0.2, 0.25) is 0 Å². The van der Waals surface area contributed by atoms with Crippen LogP contribution in [0.15, 0.2) is 0 Å². The highest BCUT2D eigenvalue weighted by Gasteiger charge is 2.23. The number of likely N-dealkylation sites (N-methyl/N-ethyl adjacent to an activating group) is 2. The maximum atomic E-state index is 11.7. The summed E-state index contributed by atoms with van der Waals surface area (Å²) < 4.78 is 0. The normalized spacial score (nSPS) is 21.1. The smallest absolute Gasteiger partial charge is 0.317 e. The SMILES string of the molecule is CCCCNC(=O)N(C)CC1CCCN1C. The molecule has 16 heavy (non-hydrogen) atoms. The Morgan fingerprint density at radius 3 is 2.88 bits per heavy atom. The minimum Gasteiger partial charge on any atom is -0.338 e. The summed E-state index contributed by atoms with van der Waals surface area (Å²) in [5.74, 6) is 0. The first-order valence-electron chi connectivity index (χ1n) is 6.34. The molecule has 1 atom stereocenters. The minimum atomic E-state index is 0.0637. The number of hydrogen-bond acceptors (Lipinski definition) is 2. The Kier molecular flexibility index (Phi) is 5.60. The molecule has 4 nitrogen and oxygen atoms in total. The number of unbranched alkanes of at least 4 members (excludes halogenated alkanes) is 1. The molecule has 94 valence electrons. The first kappa shape index (κ1) is 13.3. The van der Waals surface area contributed by atoms with E-state index in [2.05, 4.69) is 24.2 Å². The maximum absolute atomic E-state index is 11.7. The minimum absolute atomic E-state index is 0.0637. The van der Waals surface area contributed by atoms with Crippen molar-refractivity contribution in [1.82, 2.24) is 15.1 Å². The van der Waals surface area contributed by atoms with Crippen LogP contribution in [-0.2, 0) is 0 Å². The number of urea groups is 1. The van der Waals surface area contributed by atoms with Crippen molar-refractivity contribution < 1.29 is 4.79 Å². The van der Waals surface area contributed by atoms with E-state index in [0.29, 0.717) is 6.04 Å². The molecule has 2 amide bonds. The average Bonchev–Trinajstić information content (AvgIpc) is 2.64. The van der Waals surface area contributed by atoms with E-state index in [1.807, 2.05) is 11.9 Å². The number of likely N-dealkylation sites (tertiary alicyclic amines) is 1. The number of rotatable bonds is 5. The van der Waals surface area contributed by atoms with Gasteiger partial charge in [-0.3, -0.25) is 0 Å². The summed E-state index contributed by atoms with van der Waals surface area (Å²) in [7, 11) is 4.02. The third kappa shape index (κ3) is 4.00. The summed E-state index contributed by atoms with van der Waals surface area (Å²) in [5, 5.41) is 2.94. The van der Waals surface area contributed by atoms with Crippen molar-refractivity contribution in [3.8, 4) is 0 Å². The quantitative estimate of drug-likeness (QED) is 0.723. The number of amides is 2. The van der Waals surface area contributed by atoms with E-state index >= 15 is 0 Å². The largest absolute Gasteiger partial charge is 0.338 e. The Labute approximate surface area is 99.0 Å². The summed E-state index contributed by atoms with van der Waals surface area (Å²) in [6.45, 7) is 4.92. The number of carbonyl (C=O) groups excluding carboxylic acids is 1. The molecular formula is C12H25N3O. The van der Waals surface area contributed by atoms with Gasteiger partial charge >= 0.3 is 6.03 Å². The summed E-state index contributed by atoms with van der Waals surface area (Å²) in [5.41, 5.74) is 0. The fourth-order valence-corrected chi connectivity index (χ4v) is 2.12. The number of carbonyl (C=O) groups is 1. The van der Waals surface area contributed by atoms with Crippen LogP contribution in [0.5, 0.6) is 0 Å². The highest BCUT2D eigenvalue weighted by molar-refractivity contribution is 5.73. The predicted molar refractivity (Wildman–Crippen MR) is 66.6 cm³/mol. The van der Waals surface area contributed by atoms with Gasteiger partial charge in [0.15, 0.2) is 0 Å². The summed E-state index contributed by atoms with van der Waals surface area (Å²) in [6.07, 6.45) is 4.65. The molecule has 1 N–H and O–H groups in total. The van der Waals surface area contributed by atoms with Gasteiger partial charge in [0.25, 0.3) is 0 Å². The molecule has 1 rings (SSSR count). The Balaban J connectivity index is 2.22. The van der Waals surface area contributed by atoms with Crippen LogP contribution in [0.1, 0.15) is 32.6 Å². The molecule has 1 aliphatic heterocycles. The lowest BCUT2D eigenvalue weighted by atomic mass is 10.2. The van der Waals surface area contributed by atoms with Gasteiger partial charge in [-0.05, 0) is 32.9 Å². The molecule has 0 saturated carbocycles. The zero-order valence-electron chi connectivity index (χ0n) is 10.8. The Morgan fingerprint density at radius 2 is 2.31 bits per heavy atom. The molecular weight excluding hydrogens is 202 g/mol. The third-order valence-corrected chi connectivity index (χ3v) is 3.31. The van der Waals surface area contributed by atoms with Gasteiger partial charge in [0.05, 0.1) is 0 Å². The third-order valence-electron chi connectivity index (χ3n) is 3.31. The lowest BCUT2D eigenvalue weighted by Gasteiger charge is -2.26. The summed E-state index contributed by atoms with van der Waals surface area (Å²) >= 11 is 0. The van der Waals surface area contributed by atoms with E-state index in [0.717, 1.165) is 32.5 Å². The second-order valence-corrected chi connectivity index (χ2v) is 4.74. The molecule has 4 heteroatoms. The van der Waals surface area contributed by atoms with E-state index in [1.165, 1.54) is 12.8 Å². The van der Waals surface area contributed by atoms with Crippen LogP contribution in [0.25, 0.3) is 0 Å². The van der Waals surface area contributed by atoms with Crippen LogP contribution in [0.2, 0.25) is 0 Å². The van der Waals surface area contributed by atoms with Crippen LogP contribution in [0.3, 0.4) is 0 Å². The second-order valence-electron chi connectivity index (χ2n) is 4.74. The topological polar surface area (TPSA) is 35.6 Å². The second kappa shape index (κ2) is 6.74. The monoisotopic (exact) mass is 227 g/mol. The molecule has 0 aromatic heterocycles. The van der Waals surface area contributed by atoms with Crippen molar-refractivity contribution in [2.24, 2.45) is 0 Å². The molecule has 1 heterocycles. The Morgan fingerprint density at radius 1 is 1.56 bits per heavy atom. The fourth-order valence-electron chi connectivity index (χ4n) is 2.12. The van der Waals surface area contributed by atoms with E-state index < -0.39 is 0 Å². The molecule has 0 bridgehead atoms. The van der Waals surface area contributed by atoms with Crippen molar-refractivity contribution in [2.45, 2.75) is 38.6 Å². The number of nitrogens with zero attached hydrogens (tertiary/aromatic N) is 2. The first-order valence-corrected chi connectivity index (χ1v) is 6.34. The van der Waals surface area contributed by atoms with Gasteiger partial charge in [-0.25, -0.2) is 4.79 Å². The maximum Gasteiger partial charge on any atom is 0.317 e. The van der Waals surface area contributed by atoms with E-state index in [9.17, 15) is 4.79 Å². The predicted octanol–water partition coefficient (Wildman–Crippen LogP) is 1.52. The Hall–Kier alpha value is -0.770. The lowest BCUT2D eigenvalue weighted by molar-refractivity contribution is 0.189. The highest BCUT2D eigenvalue weighted by Crippen LogP contribution is 2.15. The van der Waals surface area contributed by atoms with Gasteiger partial charge in [0.1, 0.15) is 0 Å².